The number of anilines is 1. The third kappa shape index (κ3) is 3.39. The van der Waals surface area contributed by atoms with Crippen LogP contribution < -0.4 is 15.4 Å². The van der Waals surface area contributed by atoms with Crippen LogP contribution in [-0.4, -0.2) is 23.3 Å². The first kappa shape index (κ1) is 14.8. The largest absolute Gasteiger partial charge is 0.481 e. The zero-order valence-electron chi connectivity index (χ0n) is 12.8. The van der Waals surface area contributed by atoms with E-state index in [0.29, 0.717) is 24.0 Å². The molecule has 3 rings (SSSR count). The molecule has 0 saturated carbocycles. The maximum absolute atomic E-state index is 11.9. The highest BCUT2D eigenvalue weighted by atomic mass is 16.5. The van der Waals surface area contributed by atoms with E-state index in [2.05, 4.69) is 20.8 Å². The standard InChI is InChI=1S/C16H16N4O3/c1-10-7-14(20-23-10)19-16(21)17-9-11-8-15(22-2)18-13-6-4-3-5-12(11)13/h3-8H,9H2,1-2H3,(H2,17,19,20,21). The van der Waals surface area contributed by atoms with Crippen LogP contribution in [0.3, 0.4) is 0 Å². The van der Waals surface area contributed by atoms with Gasteiger partial charge in [0.25, 0.3) is 0 Å². The van der Waals surface area contributed by atoms with Gasteiger partial charge in [0.15, 0.2) is 5.82 Å². The summed E-state index contributed by atoms with van der Waals surface area (Å²) in [4.78, 5) is 16.3. The maximum atomic E-state index is 11.9. The Labute approximate surface area is 132 Å². The summed E-state index contributed by atoms with van der Waals surface area (Å²) < 4.78 is 10.1. The summed E-state index contributed by atoms with van der Waals surface area (Å²) in [7, 11) is 1.56. The second-order valence-electron chi connectivity index (χ2n) is 4.97. The van der Waals surface area contributed by atoms with E-state index in [-0.39, 0.29) is 6.03 Å². The number of aromatic nitrogens is 2. The van der Waals surface area contributed by atoms with E-state index in [1.165, 1.54) is 0 Å². The lowest BCUT2D eigenvalue weighted by molar-refractivity contribution is 0.251. The number of urea groups is 1. The summed E-state index contributed by atoms with van der Waals surface area (Å²) in [6.07, 6.45) is 0. The predicted molar refractivity (Wildman–Crippen MR) is 85.4 cm³/mol. The van der Waals surface area contributed by atoms with Crippen molar-refractivity contribution in [2.45, 2.75) is 13.5 Å². The van der Waals surface area contributed by atoms with Gasteiger partial charge in [0.2, 0.25) is 5.88 Å². The van der Waals surface area contributed by atoms with Crippen LogP contribution in [0.25, 0.3) is 10.9 Å². The Morgan fingerprint density at radius 2 is 2.13 bits per heavy atom. The first-order valence-electron chi connectivity index (χ1n) is 7.06. The molecule has 0 radical (unpaired) electrons. The second-order valence-corrected chi connectivity index (χ2v) is 4.97. The quantitative estimate of drug-likeness (QED) is 0.773. The van der Waals surface area contributed by atoms with Gasteiger partial charge in [0.1, 0.15) is 5.76 Å². The molecule has 23 heavy (non-hydrogen) atoms. The fourth-order valence-electron chi connectivity index (χ4n) is 2.23. The van der Waals surface area contributed by atoms with Crippen molar-refractivity contribution >= 4 is 22.8 Å². The van der Waals surface area contributed by atoms with Gasteiger partial charge in [-0.1, -0.05) is 23.4 Å². The van der Waals surface area contributed by atoms with Crippen molar-refractivity contribution in [1.82, 2.24) is 15.5 Å². The molecule has 3 aromatic rings. The molecule has 0 unspecified atom stereocenters. The first-order valence-corrected chi connectivity index (χ1v) is 7.06. The third-order valence-electron chi connectivity index (χ3n) is 3.30. The van der Waals surface area contributed by atoms with Gasteiger partial charge in [0, 0.05) is 24.1 Å². The van der Waals surface area contributed by atoms with Crippen molar-refractivity contribution in [3.63, 3.8) is 0 Å². The van der Waals surface area contributed by atoms with Crippen LogP contribution in [0.2, 0.25) is 0 Å². The van der Waals surface area contributed by atoms with Crippen LogP contribution >= 0.6 is 0 Å². The fourth-order valence-corrected chi connectivity index (χ4v) is 2.23. The average Bonchev–Trinajstić information content (AvgIpc) is 2.97. The molecular formula is C16H16N4O3. The number of hydrogen-bond acceptors (Lipinski definition) is 5. The van der Waals surface area contributed by atoms with E-state index in [1.54, 1.807) is 20.1 Å². The molecule has 2 amide bonds. The van der Waals surface area contributed by atoms with Crippen LogP contribution in [0, 0.1) is 6.92 Å². The molecule has 2 heterocycles. The van der Waals surface area contributed by atoms with Gasteiger partial charge in [-0.05, 0) is 18.6 Å². The molecule has 0 aliphatic carbocycles. The maximum Gasteiger partial charge on any atom is 0.320 e. The third-order valence-corrected chi connectivity index (χ3v) is 3.30. The van der Waals surface area contributed by atoms with Crippen LogP contribution in [0.1, 0.15) is 11.3 Å². The number of nitrogens with zero attached hydrogens (tertiary/aromatic N) is 2. The lowest BCUT2D eigenvalue weighted by Gasteiger charge is -2.10. The van der Waals surface area contributed by atoms with E-state index >= 15 is 0 Å². The summed E-state index contributed by atoms with van der Waals surface area (Å²) in [5.41, 5.74) is 1.73. The molecule has 0 aliphatic heterocycles. The van der Waals surface area contributed by atoms with Crippen molar-refractivity contribution in [3.8, 4) is 5.88 Å². The summed E-state index contributed by atoms with van der Waals surface area (Å²) >= 11 is 0. The minimum Gasteiger partial charge on any atom is -0.481 e. The topological polar surface area (TPSA) is 89.3 Å². The molecule has 118 valence electrons. The molecule has 0 aliphatic rings. The Bertz CT molecular complexity index is 844. The monoisotopic (exact) mass is 312 g/mol. The summed E-state index contributed by atoms with van der Waals surface area (Å²) in [5.74, 6) is 1.51. The van der Waals surface area contributed by atoms with Gasteiger partial charge in [-0.2, -0.15) is 0 Å². The van der Waals surface area contributed by atoms with Crippen molar-refractivity contribution in [3.05, 3.63) is 47.7 Å². The number of para-hydroxylation sites is 1. The van der Waals surface area contributed by atoms with Gasteiger partial charge in [-0.25, -0.2) is 9.78 Å². The van der Waals surface area contributed by atoms with Crippen LogP contribution in [0.4, 0.5) is 10.6 Å². The Morgan fingerprint density at radius 1 is 1.30 bits per heavy atom. The number of carbonyl (C=O) groups excluding carboxylic acids is 1. The first-order chi connectivity index (χ1) is 11.2. The normalized spacial score (nSPS) is 10.5. The van der Waals surface area contributed by atoms with Crippen molar-refractivity contribution < 1.29 is 14.1 Å². The molecule has 7 nitrogen and oxygen atoms in total. The van der Waals surface area contributed by atoms with Gasteiger partial charge < -0.3 is 14.6 Å². The number of pyridine rings is 1. The molecule has 1 aromatic carbocycles. The number of ether oxygens (including phenoxy) is 1. The van der Waals surface area contributed by atoms with Crippen LogP contribution in [0.5, 0.6) is 5.88 Å². The Hall–Kier alpha value is -3.09. The summed E-state index contributed by atoms with van der Waals surface area (Å²) in [6.45, 7) is 2.09. The number of carbonyl (C=O) groups is 1. The number of rotatable bonds is 4. The number of fused-ring (bicyclic) bond motifs is 1. The zero-order valence-corrected chi connectivity index (χ0v) is 12.8. The van der Waals surface area contributed by atoms with Crippen LogP contribution in [-0.2, 0) is 6.54 Å². The molecule has 2 N–H and O–H groups in total. The lowest BCUT2D eigenvalue weighted by atomic mass is 10.1. The number of methoxy groups -OCH3 is 1. The van der Waals surface area contributed by atoms with E-state index in [9.17, 15) is 4.79 Å². The van der Waals surface area contributed by atoms with E-state index in [4.69, 9.17) is 9.26 Å². The molecule has 2 aromatic heterocycles. The molecule has 0 spiro atoms. The molecule has 0 atom stereocenters. The van der Waals surface area contributed by atoms with Gasteiger partial charge in [-0.3, -0.25) is 5.32 Å². The minimum atomic E-state index is -0.363. The summed E-state index contributed by atoms with van der Waals surface area (Å²) in [5, 5.41) is 10.1. The zero-order chi connectivity index (χ0) is 16.2. The van der Waals surface area contributed by atoms with Gasteiger partial charge in [0.05, 0.1) is 12.6 Å². The van der Waals surface area contributed by atoms with Crippen molar-refractivity contribution in [2.75, 3.05) is 12.4 Å². The molecule has 0 saturated heterocycles. The number of nitrogens with one attached hydrogen (secondary N) is 2. The number of amides is 2. The minimum absolute atomic E-state index is 0.335. The van der Waals surface area contributed by atoms with Crippen LogP contribution in [0.15, 0.2) is 40.9 Å². The number of benzene rings is 1. The highest BCUT2D eigenvalue weighted by Gasteiger charge is 2.09. The number of hydrogen-bond donors (Lipinski definition) is 2. The average molecular weight is 312 g/mol. The van der Waals surface area contributed by atoms with Gasteiger partial charge in [-0.15, -0.1) is 0 Å². The Morgan fingerprint density at radius 3 is 2.87 bits per heavy atom. The molecule has 0 fully saturated rings. The van der Waals surface area contributed by atoms with Crippen molar-refractivity contribution in [2.24, 2.45) is 0 Å². The highest BCUT2D eigenvalue weighted by molar-refractivity contribution is 5.89. The Kier molecular flexibility index (Phi) is 4.09. The SMILES string of the molecule is COc1cc(CNC(=O)Nc2cc(C)on2)c2ccccc2n1. The van der Waals surface area contributed by atoms with E-state index in [0.717, 1.165) is 16.5 Å². The second kappa shape index (κ2) is 6.35. The molecule has 0 bridgehead atoms. The smallest absolute Gasteiger partial charge is 0.320 e. The molecular weight excluding hydrogens is 296 g/mol. The fraction of sp³-hybridized carbons (Fsp3) is 0.188. The van der Waals surface area contributed by atoms with Gasteiger partial charge >= 0.3 is 6.03 Å². The van der Waals surface area contributed by atoms with E-state index < -0.39 is 0 Å². The Balaban J connectivity index is 1.74. The summed E-state index contributed by atoms with van der Waals surface area (Å²) in [6, 6.07) is 10.8. The van der Waals surface area contributed by atoms with E-state index in [1.807, 2.05) is 30.3 Å². The molecule has 7 heteroatoms. The highest BCUT2D eigenvalue weighted by Crippen LogP contribution is 2.21. The predicted octanol–water partition coefficient (Wildman–Crippen LogP) is 2.86. The van der Waals surface area contributed by atoms with Crippen molar-refractivity contribution in [1.29, 1.82) is 0 Å². The number of aryl methyl sites for hydroxylation is 1. The lowest BCUT2D eigenvalue weighted by Crippen LogP contribution is -2.28.